The van der Waals surface area contributed by atoms with Crippen LogP contribution in [0.25, 0.3) is 0 Å². The predicted molar refractivity (Wildman–Crippen MR) is 120 cm³/mol. The molecule has 2 atom stereocenters. The largest absolute Gasteiger partial charge is 0.497 e. The summed E-state index contributed by atoms with van der Waals surface area (Å²) in [6.45, 7) is 10.7. The van der Waals surface area contributed by atoms with E-state index < -0.39 is 0 Å². The van der Waals surface area contributed by atoms with Crippen LogP contribution in [0.5, 0.6) is 0 Å². The summed E-state index contributed by atoms with van der Waals surface area (Å²) >= 11 is 0. The number of carbonyl (C=O) groups excluding carboxylic acids is 1. The highest BCUT2D eigenvalue weighted by Gasteiger charge is 2.35. The molecule has 0 bridgehead atoms. The quantitative estimate of drug-likeness (QED) is 0.353. The van der Waals surface area contributed by atoms with Gasteiger partial charge in [0.15, 0.2) is 5.76 Å². The summed E-state index contributed by atoms with van der Waals surface area (Å²) in [7, 11) is 4.93. The van der Waals surface area contributed by atoms with Crippen molar-refractivity contribution in [2.75, 3.05) is 21.3 Å². The summed E-state index contributed by atoms with van der Waals surface area (Å²) < 4.78 is 16.1. The van der Waals surface area contributed by atoms with E-state index in [1.807, 2.05) is 6.92 Å². The lowest BCUT2D eigenvalue weighted by atomic mass is 9.79. The maximum atomic E-state index is 12.5. The smallest absolute Gasteiger partial charge is 0.203 e. The third-order valence-electron chi connectivity index (χ3n) is 6.20. The van der Waals surface area contributed by atoms with Crippen LogP contribution in [0.15, 0.2) is 34.8 Å². The first kappa shape index (κ1) is 25.5. The van der Waals surface area contributed by atoms with E-state index in [9.17, 15) is 4.79 Å². The molecule has 0 fully saturated rings. The normalized spacial score (nSPS) is 21.6. The van der Waals surface area contributed by atoms with E-state index in [1.165, 1.54) is 18.3 Å². The molecule has 0 spiro atoms. The maximum absolute atomic E-state index is 12.5. The average Bonchev–Trinajstić information content (AvgIpc) is 2.68. The monoisotopic (exact) mass is 406 g/mol. The summed E-state index contributed by atoms with van der Waals surface area (Å²) in [5.74, 6) is 1.37. The molecule has 0 aliphatic heterocycles. The molecule has 0 aromatic heterocycles. The zero-order valence-electron chi connectivity index (χ0n) is 19.9. The number of carbonyl (C=O) groups is 1. The summed E-state index contributed by atoms with van der Waals surface area (Å²) in [6, 6.07) is 0. The van der Waals surface area contributed by atoms with Gasteiger partial charge in [-0.3, -0.25) is 4.79 Å². The van der Waals surface area contributed by atoms with Crippen molar-refractivity contribution < 1.29 is 19.0 Å². The van der Waals surface area contributed by atoms with Gasteiger partial charge in [0.25, 0.3) is 0 Å². The van der Waals surface area contributed by atoms with Crippen LogP contribution < -0.4 is 0 Å². The van der Waals surface area contributed by atoms with E-state index in [0.717, 1.165) is 44.9 Å². The molecule has 0 radical (unpaired) electrons. The zero-order chi connectivity index (χ0) is 22.0. The minimum absolute atomic E-state index is 0.0286. The Kier molecular flexibility index (Phi) is 10.7. The Morgan fingerprint density at radius 2 is 1.72 bits per heavy atom. The Balaban J connectivity index is 2.48. The van der Waals surface area contributed by atoms with E-state index in [2.05, 4.69) is 39.8 Å². The highest BCUT2D eigenvalue weighted by molar-refractivity contribution is 5.96. The second-order valence-corrected chi connectivity index (χ2v) is 8.97. The molecule has 0 saturated carbocycles. The number of Topliss-reactive ketones (excluding diaryl/α,β-unsaturated/α-hetero) is 1. The van der Waals surface area contributed by atoms with E-state index in [1.54, 1.807) is 14.2 Å². The van der Waals surface area contributed by atoms with Crippen molar-refractivity contribution in [2.45, 2.75) is 85.2 Å². The van der Waals surface area contributed by atoms with Crippen LogP contribution in [-0.2, 0) is 19.0 Å². The fourth-order valence-corrected chi connectivity index (χ4v) is 3.74. The van der Waals surface area contributed by atoms with Crippen molar-refractivity contribution in [3.05, 3.63) is 34.8 Å². The predicted octanol–water partition coefficient (Wildman–Crippen LogP) is 6.37. The van der Waals surface area contributed by atoms with Crippen LogP contribution in [0.2, 0.25) is 0 Å². The van der Waals surface area contributed by atoms with Gasteiger partial charge in [-0.25, -0.2) is 0 Å². The second-order valence-electron chi connectivity index (χ2n) is 8.97. The number of methoxy groups -OCH3 is 3. The molecule has 29 heavy (non-hydrogen) atoms. The third kappa shape index (κ3) is 8.38. The number of hydrogen-bond acceptors (Lipinski definition) is 4. The molecular weight excluding hydrogens is 364 g/mol. The minimum atomic E-state index is -0.0357. The van der Waals surface area contributed by atoms with Gasteiger partial charge in [-0.2, -0.15) is 0 Å². The van der Waals surface area contributed by atoms with E-state index in [0.29, 0.717) is 11.5 Å². The molecule has 0 saturated heterocycles. The molecule has 0 aromatic carbocycles. The van der Waals surface area contributed by atoms with Crippen molar-refractivity contribution >= 4 is 5.78 Å². The van der Waals surface area contributed by atoms with Crippen LogP contribution in [0.4, 0.5) is 0 Å². The van der Waals surface area contributed by atoms with Gasteiger partial charge in [0.2, 0.25) is 5.78 Å². The van der Waals surface area contributed by atoms with E-state index >= 15 is 0 Å². The first-order valence-electron chi connectivity index (χ1n) is 10.9. The molecule has 0 aromatic rings. The Labute approximate surface area is 178 Å². The number of ketones is 1. The van der Waals surface area contributed by atoms with Crippen LogP contribution in [-0.4, -0.2) is 32.7 Å². The second kappa shape index (κ2) is 12.2. The minimum Gasteiger partial charge on any atom is -0.497 e. The highest BCUT2D eigenvalue weighted by Crippen LogP contribution is 2.35. The van der Waals surface area contributed by atoms with Crippen molar-refractivity contribution in [2.24, 2.45) is 11.8 Å². The lowest BCUT2D eigenvalue weighted by Gasteiger charge is -2.29. The molecule has 166 valence electrons. The topological polar surface area (TPSA) is 44.8 Å². The molecular formula is C25H42O4. The fourth-order valence-electron chi connectivity index (χ4n) is 3.74. The maximum Gasteiger partial charge on any atom is 0.203 e. The first-order chi connectivity index (χ1) is 13.6. The number of allylic oxidation sites excluding steroid dienone is 6. The summed E-state index contributed by atoms with van der Waals surface area (Å²) in [4.78, 5) is 12.5. The summed E-state index contributed by atoms with van der Waals surface area (Å²) in [6.07, 6.45) is 11.8. The molecule has 4 heteroatoms. The van der Waals surface area contributed by atoms with Gasteiger partial charge in [0.1, 0.15) is 5.76 Å². The van der Waals surface area contributed by atoms with Gasteiger partial charge in [0.05, 0.1) is 19.8 Å². The van der Waals surface area contributed by atoms with Gasteiger partial charge in [-0.15, -0.1) is 0 Å². The Hall–Kier alpha value is -1.55. The molecule has 0 amide bonds. The van der Waals surface area contributed by atoms with Gasteiger partial charge in [0, 0.05) is 19.4 Å². The lowest BCUT2D eigenvalue weighted by Crippen LogP contribution is -2.30. The fraction of sp³-hybridized carbons (Fsp3) is 0.720. The first-order valence-corrected chi connectivity index (χ1v) is 10.9. The molecule has 0 N–H and O–H groups in total. The van der Waals surface area contributed by atoms with Crippen LogP contribution in [0.3, 0.4) is 0 Å². The molecule has 1 rings (SSSR count). The SMILES string of the molecule is COC1=C(OC)C(=O)C(C)C(C/C=C(\C)CC/C=C(\C)CCCC(C)(C)OC)C1. The van der Waals surface area contributed by atoms with Gasteiger partial charge < -0.3 is 14.2 Å². The zero-order valence-corrected chi connectivity index (χ0v) is 19.9. The number of ether oxygens (including phenoxy) is 3. The molecule has 2 unspecified atom stereocenters. The van der Waals surface area contributed by atoms with Crippen LogP contribution >= 0.6 is 0 Å². The van der Waals surface area contributed by atoms with Crippen molar-refractivity contribution in [1.82, 2.24) is 0 Å². The van der Waals surface area contributed by atoms with E-state index in [4.69, 9.17) is 14.2 Å². The standard InChI is InChI=1S/C25H42O4/c1-18(13-10-16-25(4,5)29-8)11-9-12-19(2)14-15-21-17-22(27-6)24(28-7)23(26)20(21)3/h11,14,20-21H,9-10,12-13,15-17H2,1-8H3/b18-11+,19-14+. The number of hydrogen-bond donors (Lipinski definition) is 0. The van der Waals surface area contributed by atoms with E-state index in [-0.39, 0.29) is 23.2 Å². The summed E-state index contributed by atoms with van der Waals surface area (Å²) in [5.41, 5.74) is 2.81. The average molecular weight is 407 g/mol. The lowest BCUT2D eigenvalue weighted by molar-refractivity contribution is -0.125. The van der Waals surface area contributed by atoms with Crippen LogP contribution in [0.1, 0.15) is 79.6 Å². The highest BCUT2D eigenvalue weighted by atomic mass is 16.5. The Bertz CT molecular complexity index is 625. The van der Waals surface area contributed by atoms with Crippen molar-refractivity contribution in [3.8, 4) is 0 Å². The Morgan fingerprint density at radius 1 is 1.07 bits per heavy atom. The molecule has 0 heterocycles. The van der Waals surface area contributed by atoms with Gasteiger partial charge in [-0.05, 0) is 72.1 Å². The van der Waals surface area contributed by atoms with Crippen LogP contribution in [0, 0.1) is 11.8 Å². The molecule has 4 nitrogen and oxygen atoms in total. The van der Waals surface area contributed by atoms with Crippen molar-refractivity contribution in [1.29, 1.82) is 0 Å². The van der Waals surface area contributed by atoms with Crippen molar-refractivity contribution in [3.63, 3.8) is 0 Å². The molecule has 1 aliphatic carbocycles. The Morgan fingerprint density at radius 3 is 2.31 bits per heavy atom. The van der Waals surface area contributed by atoms with Gasteiger partial charge >= 0.3 is 0 Å². The third-order valence-corrected chi connectivity index (χ3v) is 6.20. The molecule has 1 aliphatic rings. The number of rotatable bonds is 12. The van der Waals surface area contributed by atoms with Gasteiger partial charge in [-0.1, -0.05) is 30.2 Å². The summed E-state index contributed by atoms with van der Waals surface area (Å²) in [5, 5.41) is 0.